The summed E-state index contributed by atoms with van der Waals surface area (Å²) in [4.78, 5) is 12.5. The molecule has 0 fully saturated rings. The average molecular weight is 389 g/mol. The number of nitrogens with zero attached hydrogens (tertiary/aromatic N) is 1. The molecule has 0 saturated heterocycles. The van der Waals surface area contributed by atoms with Crippen LogP contribution in [0, 0.1) is 0 Å². The summed E-state index contributed by atoms with van der Waals surface area (Å²) in [6.07, 6.45) is 2.94. The van der Waals surface area contributed by atoms with Gasteiger partial charge in [0.25, 0.3) is 0 Å². The molecule has 0 aliphatic rings. The zero-order valence-electron chi connectivity index (χ0n) is 16.4. The second-order valence-corrected chi connectivity index (χ2v) is 8.58. The average Bonchev–Trinajstić information content (AvgIpc) is 2.65. The van der Waals surface area contributed by atoms with Crippen molar-refractivity contribution >= 4 is 21.6 Å². The maximum absolute atomic E-state index is 12.5. The fourth-order valence-electron chi connectivity index (χ4n) is 2.84. The van der Waals surface area contributed by atoms with Gasteiger partial charge in [-0.05, 0) is 48.6 Å². The normalized spacial score (nSPS) is 12.4. The molecule has 0 spiro atoms. The van der Waals surface area contributed by atoms with Crippen molar-refractivity contribution in [3.05, 3.63) is 65.2 Å². The van der Waals surface area contributed by atoms with E-state index in [0.717, 1.165) is 34.5 Å². The lowest BCUT2D eigenvalue weighted by molar-refractivity contribution is -0.120. The van der Waals surface area contributed by atoms with Gasteiger partial charge in [0.2, 0.25) is 15.9 Å². The fourth-order valence-corrected chi connectivity index (χ4v) is 3.70. The van der Waals surface area contributed by atoms with E-state index in [1.54, 1.807) is 12.1 Å². The molecule has 6 heteroatoms. The summed E-state index contributed by atoms with van der Waals surface area (Å²) >= 11 is 0. The van der Waals surface area contributed by atoms with Crippen LogP contribution in [0.25, 0.3) is 0 Å². The van der Waals surface area contributed by atoms with Gasteiger partial charge in [-0.1, -0.05) is 50.2 Å². The number of amides is 1. The summed E-state index contributed by atoms with van der Waals surface area (Å²) < 4.78 is 25.5. The van der Waals surface area contributed by atoms with Gasteiger partial charge in [0.1, 0.15) is 6.54 Å². The summed E-state index contributed by atoms with van der Waals surface area (Å²) in [6.45, 7) is 5.76. The molecule has 5 nitrogen and oxygen atoms in total. The number of benzene rings is 2. The number of carbonyl (C=O) groups is 1. The van der Waals surface area contributed by atoms with Gasteiger partial charge in [-0.25, -0.2) is 8.42 Å². The molecule has 1 N–H and O–H groups in total. The van der Waals surface area contributed by atoms with Gasteiger partial charge in [0.15, 0.2) is 0 Å². The molecule has 146 valence electrons. The van der Waals surface area contributed by atoms with Crippen LogP contribution in [0.1, 0.15) is 43.5 Å². The molecule has 0 aliphatic carbocycles. The molecular weight excluding hydrogens is 360 g/mol. The van der Waals surface area contributed by atoms with Crippen molar-refractivity contribution in [2.75, 3.05) is 17.1 Å². The highest BCUT2D eigenvalue weighted by atomic mass is 32.2. The summed E-state index contributed by atoms with van der Waals surface area (Å²) in [5.41, 5.74) is 3.82. The van der Waals surface area contributed by atoms with Crippen LogP contribution in [-0.4, -0.2) is 27.1 Å². The third-order valence-corrected chi connectivity index (χ3v) is 5.73. The van der Waals surface area contributed by atoms with E-state index in [-0.39, 0.29) is 18.5 Å². The number of sulfonamides is 1. The summed E-state index contributed by atoms with van der Waals surface area (Å²) in [6, 6.07) is 15.1. The Morgan fingerprint density at radius 2 is 1.44 bits per heavy atom. The molecule has 0 saturated carbocycles. The summed E-state index contributed by atoms with van der Waals surface area (Å²) in [5, 5.41) is 2.88. The predicted molar refractivity (Wildman–Crippen MR) is 110 cm³/mol. The van der Waals surface area contributed by atoms with Crippen molar-refractivity contribution < 1.29 is 13.2 Å². The largest absolute Gasteiger partial charge is 0.348 e. The predicted octanol–water partition coefficient (Wildman–Crippen LogP) is 3.45. The number of hydrogen-bond acceptors (Lipinski definition) is 3. The molecule has 2 rings (SSSR count). The highest BCUT2D eigenvalue weighted by Crippen LogP contribution is 2.19. The molecule has 1 atom stereocenters. The fraction of sp³-hybridized carbons (Fsp3) is 0.381. The van der Waals surface area contributed by atoms with Gasteiger partial charge < -0.3 is 5.32 Å². The Bertz CT molecular complexity index is 859. The zero-order chi connectivity index (χ0) is 20.0. The van der Waals surface area contributed by atoms with Crippen LogP contribution < -0.4 is 9.62 Å². The summed E-state index contributed by atoms with van der Waals surface area (Å²) in [5.74, 6) is -0.341. The Morgan fingerprint density at radius 3 is 1.89 bits per heavy atom. The Kier molecular flexibility index (Phi) is 7.02. The number of aryl methyl sites for hydroxylation is 2. The number of anilines is 1. The lowest BCUT2D eigenvalue weighted by Crippen LogP contribution is -2.41. The molecule has 27 heavy (non-hydrogen) atoms. The van der Waals surface area contributed by atoms with E-state index < -0.39 is 10.0 Å². The third-order valence-electron chi connectivity index (χ3n) is 4.59. The standard InChI is InChI=1S/C21H28N2O3S/c1-5-17-7-11-19(12-8-17)16(3)22-21(24)15-23(27(4,25)26)20-13-9-18(6-2)10-14-20/h7-14,16H,5-6,15H2,1-4H3,(H,22,24)/t16-/m1/s1. The first-order valence-corrected chi connectivity index (χ1v) is 11.0. The van der Waals surface area contributed by atoms with Gasteiger partial charge >= 0.3 is 0 Å². The monoisotopic (exact) mass is 388 g/mol. The van der Waals surface area contributed by atoms with Gasteiger partial charge in [-0.2, -0.15) is 0 Å². The van der Waals surface area contributed by atoms with Crippen molar-refractivity contribution in [2.24, 2.45) is 0 Å². The first-order chi connectivity index (χ1) is 12.7. The summed E-state index contributed by atoms with van der Waals surface area (Å²) in [7, 11) is -3.57. The Hall–Kier alpha value is -2.34. The number of nitrogens with one attached hydrogen (secondary N) is 1. The quantitative estimate of drug-likeness (QED) is 0.753. The van der Waals surface area contributed by atoms with E-state index in [1.807, 2.05) is 50.2 Å². The maximum atomic E-state index is 12.5. The van der Waals surface area contributed by atoms with Crippen LogP contribution >= 0.6 is 0 Å². The number of hydrogen-bond donors (Lipinski definition) is 1. The SMILES string of the molecule is CCc1ccc([C@@H](C)NC(=O)CN(c2ccc(CC)cc2)S(C)(=O)=O)cc1. The molecule has 0 radical (unpaired) electrons. The van der Waals surface area contributed by atoms with Gasteiger partial charge in [0.05, 0.1) is 18.0 Å². The van der Waals surface area contributed by atoms with E-state index in [9.17, 15) is 13.2 Å². The molecule has 0 aliphatic heterocycles. The van der Waals surface area contributed by atoms with Crippen LogP contribution in [-0.2, 0) is 27.7 Å². The van der Waals surface area contributed by atoms with E-state index in [1.165, 1.54) is 5.56 Å². The minimum atomic E-state index is -3.57. The third kappa shape index (κ3) is 5.82. The van der Waals surface area contributed by atoms with Crippen molar-refractivity contribution in [1.29, 1.82) is 0 Å². The Balaban J connectivity index is 2.10. The number of rotatable bonds is 8. The minimum absolute atomic E-state index is 0.202. The molecular formula is C21H28N2O3S. The molecule has 0 unspecified atom stereocenters. The van der Waals surface area contributed by atoms with Crippen LogP contribution in [0.15, 0.2) is 48.5 Å². The van der Waals surface area contributed by atoms with Crippen LogP contribution in [0.3, 0.4) is 0 Å². The molecule has 1 amide bonds. The molecule has 0 heterocycles. The van der Waals surface area contributed by atoms with Crippen LogP contribution in [0.4, 0.5) is 5.69 Å². The van der Waals surface area contributed by atoms with Gasteiger partial charge in [-0.3, -0.25) is 9.10 Å². The second kappa shape index (κ2) is 9.04. The molecule has 2 aromatic rings. The van der Waals surface area contributed by atoms with E-state index in [4.69, 9.17) is 0 Å². The smallest absolute Gasteiger partial charge is 0.241 e. The highest BCUT2D eigenvalue weighted by molar-refractivity contribution is 7.92. The second-order valence-electron chi connectivity index (χ2n) is 6.67. The van der Waals surface area contributed by atoms with Gasteiger partial charge in [0, 0.05) is 0 Å². The van der Waals surface area contributed by atoms with Crippen molar-refractivity contribution in [1.82, 2.24) is 5.32 Å². The van der Waals surface area contributed by atoms with E-state index in [0.29, 0.717) is 5.69 Å². The topological polar surface area (TPSA) is 66.5 Å². The molecule has 0 aromatic heterocycles. The molecule has 0 bridgehead atoms. The van der Waals surface area contributed by atoms with E-state index >= 15 is 0 Å². The number of carbonyl (C=O) groups excluding carboxylic acids is 1. The first-order valence-electron chi connectivity index (χ1n) is 9.19. The van der Waals surface area contributed by atoms with Gasteiger partial charge in [-0.15, -0.1) is 0 Å². The van der Waals surface area contributed by atoms with E-state index in [2.05, 4.69) is 12.2 Å². The van der Waals surface area contributed by atoms with Crippen molar-refractivity contribution in [2.45, 2.75) is 39.7 Å². The minimum Gasteiger partial charge on any atom is -0.348 e. The van der Waals surface area contributed by atoms with Crippen molar-refractivity contribution in [3.63, 3.8) is 0 Å². The molecule has 2 aromatic carbocycles. The highest BCUT2D eigenvalue weighted by Gasteiger charge is 2.21. The Labute approximate surface area is 162 Å². The van der Waals surface area contributed by atoms with Crippen molar-refractivity contribution in [3.8, 4) is 0 Å². The lowest BCUT2D eigenvalue weighted by atomic mass is 10.1. The zero-order valence-corrected chi connectivity index (χ0v) is 17.2. The van der Waals surface area contributed by atoms with Crippen LogP contribution in [0.2, 0.25) is 0 Å². The lowest BCUT2D eigenvalue weighted by Gasteiger charge is -2.23. The Morgan fingerprint density at radius 1 is 0.963 bits per heavy atom. The maximum Gasteiger partial charge on any atom is 0.241 e. The van der Waals surface area contributed by atoms with Crippen LogP contribution in [0.5, 0.6) is 0 Å². The first kappa shape index (κ1) is 21.0.